The molecule has 2 atom stereocenters. The minimum atomic E-state index is -4.17. The van der Waals surface area contributed by atoms with Gasteiger partial charge in [-0.05, 0) is 80.2 Å². The van der Waals surface area contributed by atoms with E-state index in [9.17, 15) is 13.2 Å². The van der Waals surface area contributed by atoms with E-state index in [1.165, 1.54) is 31.4 Å². The molecule has 2 aromatic heterocycles. The van der Waals surface area contributed by atoms with E-state index in [2.05, 4.69) is 45.3 Å². The number of sulfonamides is 1. The van der Waals surface area contributed by atoms with Crippen LogP contribution in [-0.4, -0.2) is 64.4 Å². The lowest BCUT2D eigenvalue weighted by Crippen LogP contribution is -2.54. The number of hydrogen-bond acceptors (Lipinski definition) is 9. The van der Waals surface area contributed by atoms with Crippen LogP contribution < -0.4 is 14.4 Å². The quantitative estimate of drug-likeness (QED) is 0.238. The summed E-state index contributed by atoms with van der Waals surface area (Å²) >= 11 is 0. The average Bonchev–Trinajstić information content (AvgIpc) is 3.02. The van der Waals surface area contributed by atoms with Gasteiger partial charge in [-0.3, -0.25) is 9.78 Å². The summed E-state index contributed by atoms with van der Waals surface area (Å²) in [6.45, 7) is 11.6. The summed E-state index contributed by atoms with van der Waals surface area (Å²) < 4.78 is 36.5. The largest absolute Gasteiger partial charge is 0.475 e. The molecule has 0 radical (unpaired) electrons. The molecule has 0 spiro atoms. The molecule has 50 heavy (non-hydrogen) atoms. The number of benzene rings is 2. The molecule has 262 valence electrons. The standard InChI is InChI=1S/C38H45N7O4S/c1-24-9-6-10-25(2)35(24)31-18-34-42-37(41-31)43-50(47,48)30-14-8-13-27(17-30)36(46)45(29(23-49-34)19-38(3,4)5)22-28-20-39-21-33(40-28)44-16-15-32(44)26-11-7-12-26/h6,8-10,13-14,17-18,20-21,26,29,32H,7,11-12,15-16,19,22-23H2,1-5H3,(H,41,42,43)/t29-,32+/m1/s1. The Balaban J connectivity index is 1.30. The summed E-state index contributed by atoms with van der Waals surface area (Å²) in [5.41, 5.74) is 4.08. The van der Waals surface area contributed by atoms with Crippen molar-refractivity contribution in [3.8, 4) is 17.1 Å². The molecule has 3 aliphatic rings. The number of fused-ring (bicyclic) bond motifs is 4. The van der Waals surface area contributed by atoms with Crippen LogP contribution in [0.5, 0.6) is 5.88 Å². The molecule has 7 rings (SSSR count). The number of aromatic nitrogens is 4. The number of ether oxygens (including phenoxy) is 1. The third-order valence-corrected chi connectivity index (χ3v) is 11.4. The predicted molar refractivity (Wildman–Crippen MR) is 193 cm³/mol. The number of carbonyl (C=O) groups excluding carboxylic acids is 1. The number of nitrogens with zero attached hydrogens (tertiary/aromatic N) is 6. The van der Waals surface area contributed by atoms with Crippen molar-refractivity contribution in [1.82, 2.24) is 24.8 Å². The Morgan fingerprint density at radius 2 is 1.72 bits per heavy atom. The number of aryl methyl sites for hydroxylation is 2. The molecule has 1 saturated heterocycles. The number of carbonyl (C=O) groups is 1. The molecule has 4 heterocycles. The summed E-state index contributed by atoms with van der Waals surface area (Å²) in [5, 5.41) is 0. The molecule has 4 bridgehead atoms. The first-order chi connectivity index (χ1) is 23.8. The van der Waals surface area contributed by atoms with E-state index < -0.39 is 16.1 Å². The van der Waals surface area contributed by atoms with Crippen molar-refractivity contribution in [3.05, 3.63) is 83.3 Å². The molecule has 1 amide bonds. The van der Waals surface area contributed by atoms with Gasteiger partial charge < -0.3 is 14.5 Å². The number of nitrogens with one attached hydrogen (secondary N) is 1. The van der Waals surface area contributed by atoms with Crippen LogP contribution in [-0.2, 0) is 16.6 Å². The molecule has 1 saturated carbocycles. The first-order valence-corrected chi connectivity index (χ1v) is 18.9. The second kappa shape index (κ2) is 13.3. The van der Waals surface area contributed by atoms with Crippen molar-refractivity contribution in [2.45, 2.75) is 90.2 Å². The second-order valence-corrected chi connectivity index (χ2v) is 16.8. The molecule has 0 unspecified atom stereocenters. The Hall–Kier alpha value is -4.58. The first kappa shape index (κ1) is 33.9. The lowest BCUT2D eigenvalue weighted by molar-refractivity contribution is 0.0509. The van der Waals surface area contributed by atoms with E-state index in [-0.39, 0.29) is 46.8 Å². The Morgan fingerprint density at radius 1 is 0.960 bits per heavy atom. The molecule has 2 fully saturated rings. The van der Waals surface area contributed by atoms with Crippen molar-refractivity contribution >= 4 is 27.7 Å². The lowest BCUT2D eigenvalue weighted by Gasteiger charge is -2.49. The van der Waals surface area contributed by atoms with Crippen LogP contribution in [0.25, 0.3) is 11.3 Å². The van der Waals surface area contributed by atoms with Crippen molar-refractivity contribution in [2.75, 3.05) is 22.8 Å². The summed E-state index contributed by atoms with van der Waals surface area (Å²) in [7, 11) is -4.17. The fourth-order valence-corrected chi connectivity index (χ4v) is 8.33. The van der Waals surface area contributed by atoms with Gasteiger partial charge in [-0.1, -0.05) is 51.5 Å². The van der Waals surface area contributed by atoms with Crippen molar-refractivity contribution in [1.29, 1.82) is 0 Å². The van der Waals surface area contributed by atoms with Crippen LogP contribution in [0.3, 0.4) is 0 Å². The number of hydrogen-bond donors (Lipinski definition) is 1. The van der Waals surface area contributed by atoms with Gasteiger partial charge in [0.15, 0.2) is 0 Å². The maximum absolute atomic E-state index is 14.6. The SMILES string of the molecule is Cc1cccc(C)c1-c1cc2nc(n1)NS(=O)(=O)c1cccc(c1)C(=O)N(Cc1cncc(N3CC[C@H]3C3CCC3)n1)[C@H](CC(C)(C)C)CO2. The van der Waals surface area contributed by atoms with E-state index in [0.29, 0.717) is 29.8 Å². The minimum absolute atomic E-state index is 0.0694. The van der Waals surface area contributed by atoms with Crippen molar-refractivity contribution < 1.29 is 17.9 Å². The van der Waals surface area contributed by atoms with Crippen LogP contribution in [0.15, 0.2) is 65.8 Å². The van der Waals surface area contributed by atoms with Gasteiger partial charge in [-0.15, -0.1) is 0 Å². The zero-order valence-electron chi connectivity index (χ0n) is 29.4. The zero-order chi connectivity index (χ0) is 35.2. The van der Waals surface area contributed by atoms with E-state index in [0.717, 1.165) is 35.5 Å². The van der Waals surface area contributed by atoms with Gasteiger partial charge in [0.2, 0.25) is 11.8 Å². The number of amides is 1. The third kappa shape index (κ3) is 7.03. The normalized spacial score (nSPS) is 20.7. The van der Waals surface area contributed by atoms with Gasteiger partial charge in [0, 0.05) is 29.8 Å². The van der Waals surface area contributed by atoms with Crippen LogP contribution in [0.4, 0.5) is 11.8 Å². The maximum Gasteiger partial charge on any atom is 0.264 e. The highest BCUT2D eigenvalue weighted by Gasteiger charge is 2.39. The molecule has 11 nitrogen and oxygen atoms in total. The molecular formula is C38H45N7O4S. The highest BCUT2D eigenvalue weighted by Crippen LogP contribution is 2.40. The van der Waals surface area contributed by atoms with E-state index in [1.54, 1.807) is 29.3 Å². The Morgan fingerprint density at radius 3 is 2.40 bits per heavy atom. The van der Waals surface area contributed by atoms with E-state index in [4.69, 9.17) is 9.72 Å². The zero-order valence-corrected chi connectivity index (χ0v) is 30.2. The van der Waals surface area contributed by atoms with Crippen LogP contribution in [0.2, 0.25) is 0 Å². The molecular weight excluding hydrogens is 651 g/mol. The Kier molecular flexibility index (Phi) is 9.00. The monoisotopic (exact) mass is 695 g/mol. The maximum atomic E-state index is 14.6. The van der Waals surface area contributed by atoms with Gasteiger partial charge >= 0.3 is 0 Å². The minimum Gasteiger partial charge on any atom is -0.475 e. The van der Waals surface area contributed by atoms with Gasteiger partial charge in [0.25, 0.3) is 15.9 Å². The first-order valence-electron chi connectivity index (χ1n) is 17.4. The molecule has 1 aliphatic carbocycles. The topological polar surface area (TPSA) is 131 Å². The smallest absolute Gasteiger partial charge is 0.264 e. The second-order valence-electron chi connectivity index (χ2n) is 15.1. The van der Waals surface area contributed by atoms with Crippen LogP contribution >= 0.6 is 0 Å². The molecule has 2 aromatic carbocycles. The summed E-state index contributed by atoms with van der Waals surface area (Å²) in [4.78, 5) is 37.3. The third-order valence-electron chi connectivity index (χ3n) is 10.1. The lowest BCUT2D eigenvalue weighted by atomic mass is 9.75. The van der Waals surface area contributed by atoms with Gasteiger partial charge in [0.05, 0.1) is 41.3 Å². The van der Waals surface area contributed by atoms with Crippen LogP contribution in [0.1, 0.15) is 80.1 Å². The van der Waals surface area contributed by atoms with Crippen LogP contribution in [0, 0.1) is 25.2 Å². The van der Waals surface area contributed by atoms with E-state index >= 15 is 0 Å². The molecule has 4 aromatic rings. The number of rotatable bonds is 6. The van der Waals surface area contributed by atoms with Crippen molar-refractivity contribution in [2.24, 2.45) is 11.3 Å². The van der Waals surface area contributed by atoms with Gasteiger partial charge in [0.1, 0.15) is 12.4 Å². The fraction of sp³-hybridized carbons (Fsp3) is 0.447. The number of anilines is 2. The summed E-state index contributed by atoms with van der Waals surface area (Å²) in [6, 6.07) is 13.8. The molecule has 1 N–H and O–H groups in total. The molecule has 2 aliphatic heterocycles. The summed E-state index contributed by atoms with van der Waals surface area (Å²) in [5.74, 6) is 1.31. The summed E-state index contributed by atoms with van der Waals surface area (Å²) in [6.07, 6.45) is 9.09. The van der Waals surface area contributed by atoms with Crippen molar-refractivity contribution in [3.63, 3.8) is 0 Å². The molecule has 12 heteroatoms. The highest BCUT2D eigenvalue weighted by atomic mass is 32.2. The Labute approximate surface area is 294 Å². The van der Waals surface area contributed by atoms with E-state index in [1.807, 2.05) is 38.2 Å². The fourth-order valence-electron chi connectivity index (χ4n) is 7.34. The van der Waals surface area contributed by atoms with Gasteiger partial charge in [-0.2, -0.15) is 4.98 Å². The van der Waals surface area contributed by atoms with Gasteiger partial charge in [-0.25, -0.2) is 23.1 Å². The average molecular weight is 696 g/mol. The highest BCUT2D eigenvalue weighted by molar-refractivity contribution is 7.92. The Bertz CT molecular complexity index is 2010. The predicted octanol–water partition coefficient (Wildman–Crippen LogP) is 6.57.